The molecular formula is C23H29N3O3. The molecule has 6 nitrogen and oxygen atoms in total. The van der Waals surface area contributed by atoms with E-state index in [9.17, 15) is 15.0 Å². The molecule has 0 aromatic heterocycles. The molecule has 2 fully saturated rings. The maximum Gasteiger partial charge on any atom is 0.337 e. The highest BCUT2D eigenvalue weighted by molar-refractivity contribution is 5.91. The van der Waals surface area contributed by atoms with Crippen LogP contribution in [-0.4, -0.2) is 60.9 Å². The normalized spacial score (nSPS) is 27.1. The minimum Gasteiger partial charge on any atom is -0.507 e. The number of allylic oxidation sites excluding steroid dienone is 1. The molecule has 6 heteroatoms. The second kappa shape index (κ2) is 6.80. The Hall–Kier alpha value is -2.47. The van der Waals surface area contributed by atoms with E-state index in [-0.39, 0.29) is 17.9 Å². The third-order valence-corrected chi connectivity index (χ3v) is 7.24. The van der Waals surface area contributed by atoms with Crippen LogP contribution in [0.1, 0.15) is 36.8 Å². The van der Waals surface area contributed by atoms with Crippen LogP contribution in [0, 0.1) is 5.41 Å². The minimum atomic E-state index is -1.05. The van der Waals surface area contributed by atoms with E-state index < -0.39 is 5.97 Å². The van der Waals surface area contributed by atoms with Gasteiger partial charge >= 0.3 is 5.97 Å². The third kappa shape index (κ3) is 3.10. The molecule has 1 aromatic carbocycles. The molecule has 2 saturated heterocycles. The van der Waals surface area contributed by atoms with Gasteiger partial charge in [-0.15, -0.1) is 0 Å². The van der Waals surface area contributed by atoms with E-state index in [1.54, 1.807) is 0 Å². The Labute approximate surface area is 171 Å². The first-order chi connectivity index (χ1) is 14.0. The minimum absolute atomic E-state index is 0.0463. The summed E-state index contributed by atoms with van der Waals surface area (Å²) in [7, 11) is 2.22. The second-order valence-corrected chi connectivity index (χ2v) is 9.19. The Balaban J connectivity index is 1.45. The average molecular weight is 396 g/mol. The number of hydrogen-bond acceptors (Lipinski definition) is 5. The van der Waals surface area contributed by atoms with Crippen LogP contribution in [0.4, 0.5) is 5.69 Å². The Kier molecular flexibility index (Phi) is 4.35. The van der Waals surface area contributed by atoms with Gasteiger partial charge in [0.15, 0.2) is 0 Å². The van der Waals surface area contributed by atoms with Gasteiger partial charge in [-0.3, -0.25) is 0 Å². The summed E-state index contributed by atoms with van der Waals surface area (Å²) >= 11 is 0. The summed E-state index contributed by atoms with van der Waals surface area (Å²) in [6, 6.07) is 6.67. The van der Waals surface area contributed by atoms with Crippen molar-refractivity contribution in [3.8, 4) is 0 Å². The Morgan fingerprint density at radius 1 is 1.17 bits per heavy atom. The van der Waals surface area contributed by atoms with Crippen molar-refractivity contribution < 1.29 is 15.0 Å². The van der Waals surface area contributed by atoms with Crippen LogP contribution in [0.2, 0.25) is 0 Å². The van der Waals surface area contributed by atoms with Gasteiger partial charge in [0.05, 0.1) is 12.1 Å². The van der Waals surface area contributed by atoms with Gasteiger partial charge in [0.1, 0.15) is 5.76 Å². The fraction of sp³-hybridized carbons (Fsp3) is 0.522. The predicted molar refractivity (Wildman–Crippen MR) is 113 cm³/mol. The van der Waals surface area contributed by atoms with E-state index >= 15 is 0 Å². The molecule has 3 N–H and O–H groups in total. The van der Waals surface area contributed by atoms with Crippen LogP contribution in [-0.2, 0) is 11.2 Å². The Morgan fingerprint density at radius 3 is 2.76 bits per heavy atom. The highest BCUT2D eigenvalue weighted by Gasteiger charge is 2.42. The maximum absolute atomic E-state index is 11.4. The first-order valence-electron chi connectivity index (χ1n) is 10.7. The molecule has 1 atom stereocenters. The number of benzene rings is 1. The zero-order valence-corrected chi connectivity index (χ0v) is 17.0. The number of fused-ring (bicyclic) bond motifs is 2. The number of aliphatic hydroxyl groups is 1. The smallest absolute Gasteiger partial charge is 0.337 e. The standard InChI is InChI=1S/C23H29N3O3/c1-25-9-7-23(13-25)8-10-26(14-23)16-5-6-17-15(11-16)3-2-4-18-20(17)24-12-19(21(18)27)22(28)29/h5-6,11,24,27H,2-4,7-10,12-14H2,1H3,(H,28,29). The molecule has 0 radical (unpaired) electrons. The lowest BCUT2D eigenvalue weighted by molar-refractivity contribution is -0.132. The molecular weight excluding hydrogens is 366 g/mol. The van der Waals surface area contributed by atoms with Gasteiger partial charge in [0.2, 0.25) is 0 Å². The molecule has 1 spiro atoms. The van der Waals surface area contributed by atoms with Crippen molar-refractivity contribution in [2.45, 2.75) is 32.1 Å². The van der Waals surface area contributed by atoms with E-state index in [2.05, 4.69) is 40.4 Å². The van der Waals surface area contributed by atoms with E-state index in [4.69, 9.17) is 0 Å². The summed E-state index contributed by atoms with van der Waals surface area (Å²) in [6.07, 6.45) is 5.09. The molecule has 1 unspecified atom stereocenters. The summed E-state index contributed by atoms with van der Waals surface area (Å²) in [5.74, 6) is -1.10. The van der Waals surface area contributed by atoms with Crippen LogP contribution in [0.25, 0.3) is 5.70 Å². The van der Waals surface area contributed by atoms with Gasteiger partial charge in [-0.2, -0.15) is 0 Å². The zero-order chi connectivity index (χ0) is 20.2. The first kappa shape index (κ1) is 18.6. The summed E-state index contributed by atoms with van der Waals surface area (Å²) < 4.78 is 0. The quantitative estimate of drug-likeness (QED) is 0.715. The van der Waals surface area contributed by atoms with Crippen LogP contribution in [0.15, 0.2) is 35.1 Å². The highest BCUT2D eigenvalue weighted by atomic mass is 16.4. The van der Waals surface area contributed by atoms with Crippen molar-refractivity contribution in [1.29, 1.82) is 0 Å². The number of nitrogens with one attached hydrogen (secondary N) is 1. The number of carboxylic acids is 1. The van der Waals surface area contributed by atoms with Crippen molar-refractivity contribution in [2.24, 2.45) is 5.41 Å². The van der Waals surface area contributed by atoms with Gasteiger partial charge in [-0.1, -0.05) is 6.07 Å². The van der Waals surface area contributed by atoms with E-state index in [0.717, 1.165) is 42.8 Å². The molecule has 1 aromatic rings. The monoisotopic (exact) mass is 395 g/mol. The van der Waals surface area contributed by atoms with Gasteiger partial charge < -0.3 is 25.3 Å². The van der Waals surface area contributed by atoms with E-state index in [0.29, 0.717) is 11.8 Å². The van der Waals surface area contributed by atoms with Crippen LogP contribution in [0.5, 0.6) is 0 Å². The molecule has 0 bridgehead atoms. The predicted octanol–water partition coefficient (Wildman–Crippen LogP) is 2.77. The van der Waals surface area contributed by atoms with Crippen LogP contribution < -0.4 is 10.2 Å². The number of rotatable bonds is 2. The van der Waals surface area contributed by atoms with Crippen LogP contribution >= 0.6 is 0 Å². The average Bonchev–Trinajstić information content (AvgIpc) is 3.22. The number of aliphatic hydroxyl groups excluding tert-OH is 1. The molecule has 3 aliphatic heterocycles. The maximum atomic E-state index is 11.4. The number of aliphatic carboxylic acids is 1. The van der Waals surface area contributed by atoms with Crippen molar-refractivity contribution in [2.75, 3.05) is 44.7 Å². The summed E-state index contributed by atoms with van der Waals surface area (Å²) in [4.78, 5) is 16.4. The summed E-state index contributed by atoms with van der Waals surface area (Å²) in [6.45, 7) is 4.81. The molecule has 4 aliphatic rings. The van der Waals surface area contributed by atoms with Crippen molar-refractivity contribution >= 4 is 17.4 Å². The molecule has 5 rings (SSSR count). The number of likely N-dealkylation sites (tertiary alicyclic amines) is 1. The lowest BCUT2D eigenvalue weighted by Gasteiger charge is -2.26. The van der Waals surface area contributed by atoms with Crippen molar-refractivity contribution in [1.82, 2.24) is 10.2 Å². The fourth-order valence-corrected chi connectivity index (χ4v) is 5.68. The van der Waals surface area contributed by atoms with Gasteiger partial charge in [-0.05, 0) is 63.4 Å². The lowest BCUT2D eigenvalue weighted by atomic mass is 9.86. The van der Waals surface area contributed by atoms with Gasteiger partial charge in [-0.25, -0.2) is 4.79 Å². The van der Waals surface area contributed by atoms with Crippen LogP contribution in [0.3, 0.4) is 0 Å². The number of hydrogen-bond donors (Lipinski definition) is 3. The number of anilines is 1. The first-order valence-corrected chi connectivity index (χ1v) is 10.7. The molecule has 154 valence electrons. The number of carboxylic acid groups (broad SMARTS) is 1. The van der Waals surface area contributed by atoms with Gasteiger partial charge in [0.25, 0.3) is 0 Å². The van der Waals surface area contributed by atoms with Crippen molar-refractivity contribution in [3.63, 3.8) is 0 Å². The second-order valence-electron chi connectivity index (χ2n) is 9.19. The lowest BCUT2D eigenvalue weighted by Crippen LogP contribution is -2.30. The third-order valence-electron chi connectivity index (χ3n) is 7.24. The SMILES string of the molecule is CN1CCC2(CCN(c3ccc4c(c3)CCCC3=C4NCC(C(=O)O)=C3O)C2)C1. The number of nitrogens with zero attached hydrogens (tertiary/aromatic N) is 2. The Bertz CT molecular complexity index is 935. The number of aryl methyl sites for hydroxylation is 1. The fourth-order valence-electron chi connectivity index (χ4n) is 5.68. The van der Waals surface area contributed by atoms with E-state index in [1.165, 1.54) is 37.2 Å². The van der Waals surface area contributed by atoms with Crippen molar-refractivity contribution in [3.05, 3.63) is 46.2 Å². The largest absolute Gasteiger partial charge is 0.507 e. The molecule has 3 heterocycles. The summed E-state index contributed by atoms with van der Waals surface area (Å²) in [5, 5.41) is 23.2. The number of dihydropyridines is 1. The number of carbonyl (C=O) groups is 1. The zero-order valence-electron chi connectivity index (χ0n) is 17.0. The highest BCUT2D eigenvalue weighted by Crippen LogP contribution is 2.42. The topological polar surface area (TPSA) is 76.0 Å². The molecule has 0 amide bonds. The van der Waals surface area contributed by atoms with E-state index in [1.807, 2.05) is 0 Å². The molecule has 29 heavy (non-hydrogen) atoms. The molecule has 1 aliphatic carbocycles. The molecule has 0 saturated carbocycles. The Morgan fingerprint density at radius 2 is 2.00 bits per heavy atom. The summed E-state index contributed by atoms with van der Waals surface area (Å²) in [5.41, 5.74) is 5.85. The van der Waals surface area contributed by atoms with Gasteiger partial charge in [0, 0.05) is 47.6 Å².